The van der Waals surface area contributed by atoms with Gasteiger partial charge in [0.2, 0.25) is 0 Å². The van der Waals surface area contributed by atoms with Gasteiger partial charge in [0.15, 0.2) is 6.61 Å². The molecule has 7 heteroatoms. The maximum atomic E-state index is 11.8. The summed E-state index contributed by atoms with van der Waals surface area (Å²) >= 11 is 11.8. The van der Waals surface area contributed by atoms with E-state index in [1.165, 1.54) is 12.1 Å². The lowest BCUT2D eigenvalue weighted by Gasteiger charge is -2.08. The minimum absolute atomic E-state index is 0.296. The molecule has 0 aromatic heterocycles. The van der Waals surface area contributed by atoms with Gasteiger partial charge in [-0.25, -0.2) is 4.79 Å². The number of rotatable bonds is 7. The number of ether oxygens (including phenoxy) is 2. The maximum absolute atomic E-state index is 11.8. The highest BCUT2D eigenvalue weighted by Crippen LogP contribution is 2.25. The molecule has 0 saturated carbocycles. The number of carbonyl (C=O) groups excluding carboxylic acids is 2. The smallest absolute Gasteiger partial charge is 0.331 e. The lowest BCUT2D eigenvalue weighted by atomic mass is 10.2. The Morgan fingerprint density at radius 2 is 1.92 bits per heavy atom. The molecule has 0 spiro atoms. The molecule has 5 nitrogen and oxygen atoms in total. The van der Waals surface area contributed by atoms with E-state index in [9.17, 15) is 9.59 Å². The average Bonchev–Trinajstić information content (AvgIpc) is 2.62. The standard InChI is InChI=1S/C19H17Cl2NO4/c1-2-25-17-6-4-3-5-13(17)7-10-19(24)26-12-18(23)22-16-9-8-14(20)11-15(16)21/h3-11H,2,12H2,1H3,(H,22,23)/b10-7+. The predicted molar refractivity (Wildman–Crippen MR) is 103 cm³/mol. The Kier molecular flexibility index (Phi) is 7.51. The van der Waals surface area contributed by atoms with Crippen LogP contribution in [0.3, 0.4) is 0 Å². The van der Waals surface area contributed by atoms with Crippen molar-refractivity contribution in [2.24, 2.45) is 0 Å². The average molecular weight is 394 g/mol. The summed E-state index contributed by atoms with van der Waals surface area (Å²) in [6.45, 7) is 1.96. The monoisotopic (exact) mass is 393 g/mol. The molecule has 2 aromatic carbocycles. The van der Waals surface area contributed by atoms with Gasteiger partial charge in [-0.05, 0) is 37.3 Å². The maximum Gasteiger partial charge on any atom is 0.331 e. The van der Waals surface area contributed by atoms with Gasteiger partial charge in [0, 0.05) is 16.7 Å². The van der Waals surface area contributed by atoms with E-state index in [2.05, 4.69) is 5.32 Å². The molecule has 0 aliphatic rings. The van der Waals surface area contributed by atoms with E-state index in [0.29, 0.717) is 28.1 Å². The zero-order chi connectivity index (χ0) is 18.9. The molecule has 2 rings (SSSR count). The second-order valence-corrected chi connectivity index (χ2v) is 5.93. The molecule has 0 bridgehead atoms. The van der Waals surface area contributed by atoms with Crippen molar-refractivity contribution in [3.05, 3.63) is 64.1 Å². The first-order valence-corrected chi connectivity index (χ1v) is 8.56. The van der Waals surface area contributed by atoms with Crippen LogP contribution in [-0.2, 0) is 14.3 Å². The van der Waals surface area contributed by atoms with E-state index >= 15 is 0 Å². The molecule has 0 unspecified atom stereocenters. The fraction of sp³-hybridized carbons (Fsp3) is 0.158. The van der Waals surface area contributed by atoms with Crippen molar-refractivity contribution in [2.75, 3.05) is 18.5 Å². The topological polar surface area (TPSA) is 64.6 Å². The van der Waals surface area contributed by atoms with E-state index in [0.717, 1.165) is 5.56 Å². The number of esters is 1. The molecule has 0 aliphatic heterocycles. The third kappa shape index (κ3) is 6.10. The highest BCUT2D eigenvalue weighted by Gasteiger charge is 2.09. The fourth-order valence-corrected chi connectivity index (χ4v) is 2.48. The summed E-state index contributed by atoms with van der Waals surface area (Å²) < 4.78 is 10.4. The summed E-state index contributed by atoms with van der Waals surface area (Å²) in [5.41, 5.74) is 1.13. The van der Waals surface area contributed by atoms with Crippen molar-refractivity contribution < 1.29 is 19.1 Å². The van der Waals surface area contributed by atoms with Gasteiger partial charge in [0.25, 0.3) is 5.91 Å². The van der Waals surface area contributed by atoms with Crippen LogP contribution in [0.4, 0.5) is 5.69 Å². The molecule has 0 aliphatic carbocycles. The lowest BCUT2D eigenvalue weighted by molar-refractivity contribution is -0.142. The molecule has 1 amide bonds. The normalized spacial score (nSPS) is 10.6. The van der Waals surface area contributed by atoms with Crippen LogP contribution in [-0.4, -0.2) is 25.1 Å². The second-order valence-electron chi connectivity index (χ2n) is 5.08. The zero-order valence-corrected chi connectivity index (χ0v) is 15.5. The summed E-state index contributed by atoms with van der Waals surface area (Å²) in [6.07, 6.45) is 2.81. The van der Waals surface area contributed by atoms with Gasteiger partial charge in [-0.2, -0.15) is 0 Å². The number of halogens is 2. The first kappa shape index (κ1) is 19.8. The van der Waals surface area contributed by atoms with Gasteiger partial charge in [0.05, 0.1) is 17.3 Å². The third-order valence-electron chi connectivity index (χ3n) is 3.17. The van der Waals surface area contributed by atoms with E-state index < -0.39 is 18.5 Å². The highest BCUT2D eigenvalue weighted by atomic mass is 35.5. The van der Waals surface area contributed by atoms with Gasteiger partial charge in [-0.3, -0.25) is 4.79 Å². The van der Waals surface area contributed by atoms with Crippen LogP contribution < -0.4 is 10.1 Å². The van der Waals surface area contributed by atoms with E-state index in [1.807, 2.05) is 25.1 Å². The molecule has 0 heterocycles. The third-order valence-corrected chi connectivity index (χ3v) is 3.72. The molecule has 2 aromatic rings. The van der Waals surface area contributed by atoms with Crippen LogP contribution in [0.2, 0.25) is 10.0 Å². The Balaban J connectivity index is 1.87. The van der Waals surface area contributed by atoms with Crippen LogP contribution in [0.5, 0.6) is 5.75 Å². The minimum Gasteiger partial charge on any atom is -0.493 e. The van der Waals surface area contributed by atoms with Crippen LogP contribution in [0.15, 0.2) is 48.5 Å². The number of hydrogen-bond acceptors (Lipinski definition) is 4. The number of para-hydroxylation sites is 1. The van der Waals surface area contributed by atoms with Crippen molar-refractivity contribution in [1.29, 1.82) is 0 Å². The van der Waals surface area contributed by atoms with Gasteiger partial charge in [-0.15, -0.1) is 0 Å². The Bertz CT molecular complexity index is 821. The largest absolute Gasteiger partial charge is 0.493 e. The molecule has 136 valence electrons. The van der Waals surface area contributed by atoms with Crippen molar-refractivity contribution in [3.8, 4) is 5.75 Å². The highest BCUT2D eigenvalue weighted by molar-refractivity contribution is 6.36. The number of carbonyl (C=O) groups is 2. The van der Waals surface area contributed by atoms with Crippen LogP contribution in [0.1, 0.15) is 12.5 Å². The summed E-state index contributed by atoms with van der Waals surface area (Å²) in [5, 5.41) is 3.29. The molecular weight excluding hydrogens is 377 g/mol. The van der Waals surface area contributed by atoms with Gasteiger partial charge in [0.1, 0.15) is 5.75 Å². The molecule has 0 atom stereocenters. The van der Waals surface area contributed by atoms with Gasteiger partial charge < -0.3 is 14.8 Å². The number of anilines is 1. The molecule has 0 saturated heterocycles. The predicted octanol–water partition coefficient (Wildman–Crippen LogP) is 4.59. The van der Waals surface area contributed by atoms with E-state index in [4.69, 9.17) is 32.7 Å². The van der Waals surface area contributed by atoms with Crippen molar-refractivity contribution in [3.63, 3.8) is 0 Å². The van der Waals surface area contributed by atoms with Crippen LogP contribution in [0, 0.1) is 0 Å². The summed E-state index contributed by atoms with van der Waals surface area (Å²) in [5.74, 6) is -0.492. The number of nitrogens with one attached hydrogen (secondary N) is 1. The minimum atomic E-state index is -0.645. The second kappa shape index (κ2) is 9.85. The Morgan fingerprint density at radius 1 is 1.15 bits per heavy atom. The Hall–Kier alpha value is -2.50. The first-order valence-electron chi connectivity index (χ1n) is 7.81. The fourth-order valence-electron chi connectivity index (χ4n) is 2.02. The van der Waals surface area contributed by atoms with Crippen molar-refractivity contribution in [2.45, 2.75) is 6.92 Å². The summed E-state index contributed by atoms with van der Waals surface area (Å²) in [6, 6.07) is 11.9. The molecular formula is C19H17Cl2NO4. The van der Waals surface area contributed by atoms with Crippen molar-refractivity contribution >= 4 is 46.8 Å². The van der Waals surface area contributed by atoms with Crippen LogP contribution >= 0.6 is 23.2 Å². The molecule has 26 heavy (non-hydrogen) atoms. The number of benzene rings is 2. The first-order chi connectivity index (χ1) is 12.5. The SMILES string of the molecule is CCOc1ccccc1/C=C/C(=O)OCC(=O)Nc1ccc(Cl)cc1Cl. The lowest BCUT2D eigenvalue weighted by Crippen LogP contribution is -2.20. The van der Waals surface area contributed by atoms with Gasteiger partial charge >= 0.3 is 5.97 Å². The van der Waals surface area contributed by atoms with E-state index in [-0.39, 0.29) is 0 Å². The van der Waals surface area contributed by atoms with Gasteiger partial charge in [-0.1, -0.05) is 41.4 Å². The Morgan fingerprint density at radius 3 is 2.65 bits per heavy atom. The molecule has 1 N–H and O–H groups in total. The number of amides is 1. The summed E-state index contributed by atoms with van der Waals surface area (Å²) in [7, 11) is 0. The Labute approximate surface area is 161 Å². The summed E-state index contributed by atoms with van der Waals surface area (Å²) in [4.78, 5) is 23.6. The number of hydrogen-bond donors (Lipinski definition) is 1. The quantitative estimate of drug-likeness (QED) is 0.551. The van der Waals surface area contributed by atoms with E-state index in [1.54, 1.807) is 24.3 Å². The zero-order valence-electron chi connectivity index (χ0n) is 14.0. The molecule has 0 radical (unpaired) electrons. The van der Waals surface area contributed by atoms with Crippen LogP contribution in [0.25, 0.3) is 6.08 Å². The molecule has 0 fully saturated rings. The van der Waals surface area contributed by atoms with Crippen molar-refractivity contribution in [1.82, 2.24) is 0 Å².